The average Bonchev–Trinajstić information content (AvgIpc) is 2.97. The molecule has 1 saturated carbocycles. The summed E-state index contributed by atoms with van der Waals surface area (Å²) in [6.45, 7) is 0.889. The second-order valence-corrected chi connectivity index (χ2v) is 6.24. The van der Waals surface area contributed by atoms with Gasteiger partial charge in [0.05, 0.1) is 18.4 Å². The maximum Gasteiger partial charge on any atom is 0.308 e. The molecule has 5 heteroatoms. The predicted molar refractivity (Wildman–Crippen MR) is 80.8 cm³/mol. The van der Waals surface area contributed by atoms with E-state index in [-0.39, 0.29) is 5.91 Å². The third-order valence-corrected chi connectivity index (χ3v) is 5.08. The molecular formula is C17H21NO4. The molecule has 3 rings (SSSR count). The lowest BCUT2D eigenvalue weighted by atomic mass is 9.63. The van der Waals surface area contributed by atoms with Crippen LogP contribution in [0.25, 0.3) is 0 Å². The Labute approximate surface area is 129 Å². The Morgan fingerprint density at radius 3 is 2.41 bits per heavy atom. The number of nitrogens with zero attached hydrogens (tertiary/aromatic N) is 1. The SMILES string of the molecule is COc1ccc(C2(C(=O)N3CCC(C(=O)O)C3)CCC2)cc1. The summed E-state index contributed by atoms with van der Waals surface area (Å²) in [4.78, 5) is 25.8. The predicted octanol–water partition coefficient (Wildman–Crippen LogP) is 2.05. The van der Waals surface area contributed by atoms with E-state index in [4.69, 9.17) is 9.84 Å². The Hall–Kier alpha value is -2.04. The number of likely N-dealkylation sites (tertiary alicyclic amines) is 1. The van der Waals surface area contributed by atoms with Gasteiger partial charge < -0.3 is 14.7 Å². The zero-order valence-electron chi connectivity index (χ0n) is 12.7. The van der Waals surface area contributed by atoms with E-state index >= 15 is 0 Å². The second-order valence-electron chi connectivity index (χ2n) is 6.24. The number of carboxylic acids is 1. The van der Waals surface area contributed by atoms with Gasteiger partial charge in [0.15, 0.2) is 0 Å². The quantitative estimate of drug-likeness (QED) is 0.924. The topological polar surface area (TPSA) is 66.8 Å². The number of carbonyl (C=O) groups is 2. The van der Waals surface area contributed by atoms with E-state index in [1.165, 1.54) is 0 Å². The molecule has 0 aromatic heterocycles. The highest BCUT2D eigenvalue weighted by Crippen LogP contribution is 2.46. The van der Waals surface area contributed by atoms with Gasteiger partial charge in [0.2, 0.25) is 5.91 Å². The lowest BCUT2D eigenvalue weighted by Gasteiger charge is -2.43. The van der Waals surface area contributed by atoms with Crippen LogP contribution in [-0.2, 0) is 15.0 Å². The second kappa shape index (κ2) is 5.63. The Morgan fingerprint density at radius 1 is 1.27 bits per heavy atom. The minimum absolute atomic E-state index is 0.0904. The van der Waals surface area contributed by atoms with Gasteiger partial charge in [-0.05, 0) is 37.0 Å². The van der Waals surface area contributed by atoms with Gasteiger partial charge in [-0.1, -0.05) is 18.6 Å². The smallest absolute Gasteiger partial charge is 0.308 e. The molecule has 118 valence electrons. The minimum Gasteiger partial charge on any atom is -0.497 e. The van der Waals surface area contributed by atoms with E-state index in [0.29, 0.717) is 19.5 Å². The third kappa shape index (κ3) is 2.34. The number of amides is 1. The van der Waals surface area contributed by atoms with Gasteiger partial charge >= 0.3 is 5.97 Å². The van der Waals surface area contributed by atoms with E-state index in [9.17, 15) is 9.59 Å². The Morgan fingerprint density at radius 2 is 1.95 bits per heavy atom. The molecule has 1 saturated heterocycles. The van der Waals surface area contributed by atoms with E-state index in [2.05, 4.69) is 0 Å². The lowest BCUT2D eigenvalue weighted by Crippen LogP contribution is -2.50. The molecule has 0 radical (unpaired) electrons. The molecule has 0 bridgehead atoms. The number of ether oxygens (including phenoxy) is 1. The van der Waals surface area contributed by atoms with Gasteiger partial charge in [-0.2, -0.15) is 0 Å². The van der Waals surface area contributed by atoms with E-state index in [1.54, 1.807) is 12.0 Å². The molecule has 1 atom stereocenters. The fourth-order valence-electron chi connectivity index (χ4n) is 3.52. The standard InChI is InChI=1S/C17H21NO4/c1-22-14-5-3-13(4-6-14)17(8-2-9-17)16(21)18-10-7-12(11-18)15(19)20/h3-6,12H,2,7-11H2,1H3,(H,19,20). The van der Waals surface area contributed by atoms with Gasteiger partial charge in [-0.3, -0.25) is 9.59 Å². The van der Waals surface area contributed by atoms with Crippen LogP contribution in [0.15, 0.2) is 24.3 Å². The van der Waals surface area contributed by atoms with Crippen molar-refractivity contribution in [3.05, 3.63) is 29.8 Å². The largest absolute Gasteiger partial charge is 0.497 e. The highest BCUT2D eigenvalue weighted by atomic mass is 16.5. The summed E-state index contributed by atoms with van der Waals surface area (Å²) in [5.74, 6) is -0.357. The number of benzene rings is 1. The van der Waals surface area contributed by atoms with Crippen molar-refractivity contribution in [1.82, 2.24) is 4.90 Å². The van der Waals surface area contributed by atoms with Crippen LogP contribution in [0.1, 0.15) is 31.2 Å². The molecule has 22 heavy (non-hydrogen) atoms. The Bertz CT molecular complexity index is 577. The van der Waals surface area contributed by atoms with Crippen LogP contribution in [0.5, 0.6) is 5.75 Å². The van der Waals surface area contributed by atoms with Crippen molar-refractivity contribution < 1.29 is 19.4 Å². The summed E-state index contributed by atoms with van der Waals surface area (Å²) >= 11 is 0. The van der Waals surface area contributed by atoms with Crippen LogP contribution in [-0.4, -0.2) is 42.1 Å². The van der Waals surface area contributed by atoms with Crippen molar-refractivity contribution in [1.29, 1.82) is 0 Å². The van der Waals surface area contributed by atoms with Gasteiger partial charge in [-0.25, -0.2) is 0 Å². The van der Waals surface area contributed by atoms with Gasteiger partial charge in [0.25, 0.3) is 0 Å². The highest BCUT2D eigenvalue weighted by molar-refractivity contribution is 5.90. The van der Waals surface area contributed by atoms with E-state index < -0.39 is 17.3 Å². The molecule has 1 N–H and O–H groups in total. The van der Waals surface area contributed by atoms with Crippen molar-refractivity contribution in [2.24, 2.45) is 5.92 Å². The summed E-state index contributed by atoms with van der Waals surface area (Å²) in [6.07, 6.45) is 3.27. The molecule has 2 fully saturated rings. The van der Waals surface area contributed by atoms with Crippen LogP contribution in [0.3, 0.4) is 0 Å². The highest BCUT2D eigenvalue weighted by Gasteiger charge is 2.49. The fraction of sp³-hybridized carbons (Fsp3) is 0.529. The maximum absolute atomic E-state index is 13.0. The molecular weight excluding hydrogens is 282 g/mol. The number of rotatable bonds is 4. The molecule has 0 spiro atoms. The molecule has 1 aromatic carbocycles. The zero-order valence-corrected chi connectivity index (χ0v) is 12.7. The number of carbonyl (C=O) groups excluding carboxylic acids is 1. The molecule has 1 amide bonds. The zero-order chi connectivity index (χ0) is 15.7. The summed E-state index contributed by atoms with van der Waals surface area (Å²) in [6, 6.07) is 7.68. The van der Waals surface area contributed by atoms with E-state index in [1.807, 2.05) is 24.3 Å². The first-order valence-corrected chi connectivity index (χ1v) is 7.73. The van der Waals surface area contributed by atoms with Crippen molar-refractivity contribution in [2.75, 3.05) is 20.2 Å². The van der Waals surface area contributed by atoms with Crippen molar-refractivity contribution >= 4 is 11.9 Å². The number of hydrogen-bond acceptors (Lipinski definition) is 3. The monoisotopic (exact) mass is 303 g/mol. The first-order valence-electron chi connectivity index (χ1n) is 7.73. The fourth-order valence-corrected chi connectivity index (χ4v) is 3.52. The number of carboxylic acid groups (broad SMARTS) is 1. The Balaban J connectivity index is 1.80. The molecule has 1 aliphatic heterocycles. The van der Waals surface area contributed by atoms with Gasteiger partial charge in [0.1, 0.15) is 5.75 Å². The molecule has 2 aliphatic rings. The van der Waals surface area contributed by atoms with Crippen molar-refractivity contribution in [2.45, 2.75) is 31.1 Å². The molecule has 1 unspecified atom stereocenters. The van der Waals surface area contributed by atoms with Crippen LogP contribution in [0.4, 0.5) is 0 Å². The van der Waals surface area contributed by atoms with Crippen molar-refractivity contribution in [3.63, 3.8) is 0 Å². The minimum atomic E-state index is -0.803. The van der Waals surface area contributed by atoms with Gasteiger partial charge in [-0.15, -0.1) is 0 Å². The average molecular weight is 303 g/mol. The Kier molecular flexibility index (Phi) is 3.81. The maximum atomic E-state index is 13.0. The number of aliphatic carboxylic acids is 1. The lowest BCUT2D eigenvalue weighted by molar-refractivity contribution is -0.142. The summed E-state index contributed by atoms with van der Waals surface area (Å²) < 4.78 is 5.17. The van der Waals surface area contributed by atoms with Gasteiger partial charge in [0, 0.05) is 13.1 Å². The van der Waals surface area contributed by atoms with Crippen LogP contribution >= 0.6 is 0 Å². The summed E-state index contributed by atoms with van der Waals surface area (Å²) in [7, 11) is 1.62. The summed E-state index contributed by atoms with van der Waals surface area (Å²) in [5.41, 5.74) is 0.558. The first kappa shape index (κ1) is 14.9. The number of methoxy groups -OCH3 is 1. The first-order chi connectivity index (χ1) is 10.6. The van der Waals surface area contributed by atoms with Crippen molar-refractivity contribution in [3.8, 4) is 5.75 Å². The van der Waals surface area contributed by atoms with E-state index in [0.717, 1.165) is 30.6 Å². The van der Waals surface area contributed by atoms with Crippen LogP contribution in [0.2, 0.25) is 0 Å². The normalized spacial score (nSPS) is 23.0. The van der Waals surface area contributed by atoms with Crippen LogP contribution < -0.4 is 4.74 Å². The molecule has 1 heterocycles. The number of hydrogen-bond donors (Lipinski definition) is 1. The van der Waals surface area contributed by atoms with Crippen LogP contribution in [0, 0.1) is 5.92 Å². The molecule has 1 aliphatic carbocycles. The third-order valence-electron chi connectivity index (χ3n) is 5.08. The molecule has 5 nitrogen and oxygen atoms in total. The molecule has 1 aromatic rings. The summed E-state index contributed by atoms with van der Waals surface area (Å²) in [5, 5.41) is 9.11.